The lowest BCUT2D eigenvalue weighted by Gasteiger charge is -2.08. The fraction of sp³-hybridized carbons (Fsp3) is 0.167. The Labute approximate surface area is 139 Å². The van der Waals surface area contributed by atoms with Crippen molar-refractivity contribution in [3.63, 3.8) is 0 Å². The first-order chi connectivity index (χ1) is 11.5. The van der Waals surface area contributed by atoms with Crippen molar-refractivity contribution in [2.45, 2.75) is 19.8 Å². The van der Waals surface area contributed by atoms with E-state index in [-0.39, 0.29) is 11.6 Å². The van der Waals surface area contributed by atoms with E-state index in [1.54, 1.807) is 12.1 Å². The molecule has 0 radical (unpaired) electrons. The van der Waals surface area contributed by atoms with Crippen LogP contribution in [0, 0.1) is 0 Å². The highest BCUT2D eigenvalue weighted by molar-refractivity contribution is 5.87. The maximum absolute atomic E-state index is 11.0. The number of ether oxygens (including phenoxy) is 1. The Morgan fingerprint density at radius 2 is 1.62 bits per heavy atom. The number of aromatic amines is 1. The lowest BCUT2D eigenvalue weighted by Crippen LogP contribution is -1.99. The van der Waals surface area contributed by atoms with Gasteiger partial charge in [0.15, 0.2) is 0 Å². The smallest absolute Gasteiger partial charge is 0.362 e. The zero-order chi connectivity index (χ0) is 17.1. The van der Waals surface area contributed by atoms with Crippen LogP contribution >= 0.6 is 0 Å². The van der Waals surface area contributed by atoms with Crippen LogP contribution in [0.25, 0.3) is 11.1 Å². The number of nitrogens with zero attached hydrogens (tertiary/aromatic N) is 2. The molecule has 0 bridgehead atoms. The second-order valence-electron chi connectivity index (χ2n) is 5.70. The molecule has 0 aliphatic heterocycles. The lowest BCUT2D eigenvalue weighted by molar-refractivity contribution is 0.0687. The van der Waals surface area contributed by atoms with E-state index in [4.69, 9.17) is 9.84 Å². The fourth-order valence-electron chi connectivity index (χ4n) is 2.32. The number of rotatable bonds is 5. The second-order valence-corrected chi connectivity index (χ2v) is 5.70. The third-order valence-corrected chi connectivity index (χ3v) is 3.70. The summed E-state index contributed by atoms with van der Waals surface area (Å²) >= 11 is 0. The Bertz CT molecular complexity index is 837. The molecule has 0 unspecified atom stereocenters. The predicted octanol–water partition coefficient (Wildman–Crippen LogP) is 4.09. The van der Waals surface area contributed by atoms with Crippen LogP contribution < -0.4 is 4.74 Å². The number of hydrogen-bond donors (Lipinski definition) is 2. The minimum Gasteiger partial charge on any atom is -0.476 e. The van der Waals surface area contributed by atoms with E-state index < -0.39 is 5.97 Å². The van der Waals surface area contributed by atoms with Crippen molar-refractivity contribution in [1.29, 1.82) is 0 Å². The zero-order valence-corrected chi connectivity index (χ0v) is 13.4. The van der Waals surface area contributed by atoms with Crippen LogP contribution in [0.5, 0.6) is 11.6 Å². The molecular formula is C18H17N3O3. The SMILES string of the molecule is CC(C)c1ccc(-c2ccc(Oc3[nH]nnc3C(=O)O)cc2)cc1. The van der Waals surface area contributed by atoms with Gasteiger partial charge < -0.3 is 9.84 Å². The maximum Gasteiger partial charge on any atom is 0.362 e. The molecule has 0 amide bonds. The van der Waals surface area contributed by atoms with E-state index in [1.807, 2.05) is 12.1 Å². The number of aromatic nitrogens is 3. The van der Waals surface area contributed by atoms with E-state index in [0.29, 0.717) is 11.7 Å². The number of carboxylic acids is 1. The highest BCUT2D eigenvalue weighted by atomic mass is 16.5. The van der Waals surface area contributed by atoms with Crippen molar-refractivity contribution in [3.05, 3.63) is 59.8 Å². The Kier molecular flexibility index (Phi) is 4.29. The molecule has 0 saturated carbocycles. The van der Waals surface area contributed by atoms with Gasteiger partial charge in [0, 0.05) is 0 Å². The molecule has 2 aromatic carbocycles. The van der Waals surface area contributed by atoms with Gasteiger partial charge in [0.1, 0.15) is 5.75 Å². The number of H-pyrrole nitrogens is 1. The van der Waals surface area contributed by atoms with Gasteiger partial charge in [0.05, 0.1) is 0 Å². The lowest BCUT2D eigenvalue weighted by atomic mass is 9.99. The predicted molar refractivity (Wildman–Crippen MR) is 89.4 cm³/mol. The summed E-state index contributed by atoms with van der Waals surface area (Å²) in [6.45, 7) is 4.33. The molecule has 24 heavy (non-hydrogen) atoms. The second kappa shape index (κ2) is 6.54. The van der Waals surface area contributed by atoms with Crippen molar-refractivity contribution in [2.24, 2.45) is 0 Å². The van der Waals surface area contributed by atoms with E-state index in [0.717, 1.165) is 11.1 Å². The molecule has 122 valence electrons. The molecule has 2 N–H and O–H groups in total. The van der Waals surface area contributed by atoms with Gasteiger partial charge in [-0.15, -0.1) is 5.10 Å². The summed E-state index contributed by atoms with van der Waals surface area (Å²) < 4.78 is 5.49. The zero-order valence-electron chi connectivity index (χ0n) is 13.4. The number of aromatic carboxylic acids is 1. The highest BCUT2D eigenvalue weighted by Crippen LogP contribution is 2.27. The number of carboxylic acid groups (broad SMARTS) is 1. The topological polar surface area (TPSA) is 88.1 Å². The summed E-state index contributed by atoms with van der Waals surface area (Å²) in [5.74, 6) is -0.176. The molecule has 3 aromatic rings. The van der Waals surface area contributed by atoms with Crippen molar-refractivity contribution in [2.75, 3.05) is 0 Å². The summed E-state index contributed by atoms with van der Waals surface area (Å²) in [4.78, 5) is 11.0. The summed E-state index contributed by atoms with van der Waals surface area (Å²) in [5.41, 5.74) is 3.22. The monoisotopic (exact) mass is 323 g/mol. The normalized spacial score (nSPS) is 10.8. The van der Waals surface area contributed by atoms with E-state index in [1.165, 1.54) is 5.56 Å². The minimum absolute atomic E-state index is 0.0107. The summed E-state index contributed by atoms with van der Waals surface area (Å²) in [6.07, 6.45) is 0. The quantitative estimate of drug-likeness (QED) is 0.738. The maximum atomic E-state index is 11.0. The molecule has 0 fully saturated rings. The fourth-order valence-corrected chi connectivity index (χ4v) is 2.32. The Morgan fingerprint density at radius 3 is 2.17 bits per heavy atom. The molecule has 0 aliphatic carbocycles. The summed E-state index contributed by atoms with van der Waals surface area (Å²) in [5, 5.41) is 18.3. The van der Waals surface area contributed by atoms with Crippen LogP contribution in [0.4, 0.5) is 0 Å². The Morgan fingerprint density at radius 1 is 1.04 bits per heavy atom. The molecule has 0 saturated heterocycles. The van der Waals surface area contributed by atoms with Crippen molar-refractivity contribution >= 4 is 5.97 Å². The molecule has 1 heterocycles. The van der Waals surface area contributed by atoms with Crippen molar-refractivity contribution in [1.82, 2.24) is 15.4 Å². The molecule has 6 heteroatoms. The first kappa shape index (κ1) is 15.7. The average molecular weight is 323 g/mol. The number of benzene rings is 2. The van der Waals surface area contributed by atoms with Gasteiger partial charge in [-0.3, -0.25) is 0 Å². The average Bonchev–Trinajstić information content (AvgIpc) is 3.04. The van der Waals surface area contributed by atoms with Gasteiger partial charge in [-0.1, -0.05) is 55.5 Å². The van der Waals surface area contributed by atoms with E-state index >= 15 is 0 Å². The number of nitrogens with one attached hydrogen (secondary N) is 1. The van der Waals surface area contributed by atoms with Crippen LogP contribution in [0.3, 0.4) is 0 Å². The van der Waals surface area contributed by atoms with E-state index in [9.17, 15) is 4.79 Å². The van der Waals surface area contributed by atoms with Crippen molar-refractivity contribution in [3.8, 4) is 22.8 Å². The summed E-state index contributed by atoms with van der Waals surface area (Å²) in [6, 6.07) is 15.8. The third kappa shape index (κ3) is 3.27. The Hall–Kier alpha value is -3.15. The van der Waals surface area contributed by atoms with Gasteiger partial charge in [-0.2, -0.15) is 0 Å². The molecule has 0 spiro atoms. The van der Waals surface area contributed by atoms with Gasteiger partial charge in [0.25, 0.3) is 5.88 Å². The van der Waals surface area contributed by atoms with Gasteiger partial charge in [0.2, 0.25) is 5.69 Å². The molecule has 0 aliphatic rings. The molecular weight excluding hydrogens is 306 g/mol. The van der Waals surface area contributed by atoms with Crippen LogP contribution in [0.2, 0.25) is 0 Å². The number of carbonyl (C=O) groups is 1. The standard InChI is InChI=1S/C18H17N3O3/c1-11(2)12-3-5-13(6-4-12)14-7-9-15(10-8-14)24-17-16(18(22)23)19-21-20-17/h3-11H,1-2H3,(H,22,23)(H,19,20,21). The van der Waals surface area contributed by atoms with Gasteiger partial charge in [-0.25, -0.2) is 9.89 Å². The van der Waals surface area contributed by atoms with Crippen LogP contribution in [-0.2, 0) is 0 Å². The van der Waals surface area contributed by atoms with Gasteiger partial charge in [-0.05, 0) is 34.7 Å². The first-order valence-electron chi connectivity index (χ1n) is 7.57. The van der Waals surface area contributed by atoms with Crippen LogP contribution in [0.15, 0.2) is 48.5 Å². The third-order valence-electron chi connectivity index (χ3n) is 3.70. The van der Waals surface area contributed by atoms with Crippen LogP contribution in [-0.4, -0.2) is 26.5 Å². The minimum atomic E-state index is -1.19. The first-order valence-corrected chi connectivity index (χ1v) is 7.57. The van der Waals surface area contributed by atoms with Crippen LogP contribution in [0.1, 0.15) is 35.8 Å². The highest BCUT2D eigenvalue weighted by Gasteiger charge is 2.16. The molecule has 0 atom stereocenters. The van der Waals surface area contributed by atoms with Crippen molar-refractivity contribution < 1.29 is 14.6 Å². The number of hydrogen-bond acceptors (Lipinski definition) is 4. The molecule has 1 aromatic heterocycles. The Balaban J connectivity index is 1.78. The summed E-state index contributed by atoms with van der Waals surface area (Å²) in [7, 11) is 0. The molecule has 6 nitrogen and oxygen atoms in total. The largest absolute Gasteiger partial charge is 0.476 e. The van der Waals surface area contributed by atoms with Gasteiger partial charge >= 0.3 is 5.97 Å². The van der Waals surface area contributed by atoms with E-state index in [2.05, 4.69) is 53.5 Å². The molecule has 3 rings (SSSR count).